The van der Waals surface area contributed by atoms with Crippen molar-refractivity contribution in [3.05, 3.63) is 64.6 Å². The zero-order chi connectivity index (χ0) is 15.1. The van der Waals surface area contributed by atoms with Gasteiger partial charge in [-0.05, 0) is 35.7 Å². The molecule has 4 heteroatoms. The zero-order valence-electron chi connectivity index (χ0n) is 11.9. The first kappa shape index (κ1) is 16.1. The maximum absolute atomic E-state index is 11.9. The Morgan fingerprint density at radius 3 is 2.48 bits per heavy atom. The summed E-state index contributed by atoms with van der Waals surface area (Å²) in [5, 5.41) is 2.99. The van der Waals surface area contributed by atoms with Crippen LogP contribution in [0.5, 0.6) is 0 Å². The topological polar surface area (TPSA) is 29.1 Å². The van der Waals surface area contributed by atoms with Crippen molar-refractivity contribution in [2.75, 3.05) is 12.3 Å². The predicted octanol–water partition coefficient (Wildman–Crippen LogP) is 4.46. The van der Waals surface area contributed by atoms with Gasteiger partial charge in [0.25, 0.3) is 0 Å². The van der Waals surface area contributed by atoms with Gasteiger partial charge in [-0.25, -0.2) is 0 Å². The molecule has 0 saturated heterocycles. The molecule has 0 aliphatic carbocycles. The number of hydrogen-bond donors (Lipinski definition) is 1. The Hall–Kier alpha value is -1.26. The van der Waals surface area contributed by atoms with E-state index in [-0.39, 0.29) is 5.91 Å². The lowest BCUT2D eigenvalue weighted by Crippen LogP contribution is -2.28. The van der Waals surface area contributed by atoms with E-state index in [4.69, 9.17) is 0 Å². The fourth-order valence-electron chi connectivity index (χ4n) is 1.90. The van der Waals surface area contributed by atoms with Crippen molar-refractivity contribution in [3.63, 3.8) is 0 Å². The average molecular weight is 364 g/mol. The number of benzene rings is 2. The highest BCUT2D eigenvalue weighted by Crippen LogP contribution is 2.20. The quantitative estimate of drug-likeness (QED) is 0.767. The fraction of sp³-hybridized carbons (Fsp3) is 0.235. The van der Waals surface area contributed by atoms with Gasteiger partial charge in [-0.15, -0.1) is 11.8 Å². The number of halogens is 1. The molecule has 1 atom stereocenters. The summed E-state index contributed by atoms with van der Waals surface area (Å²) >= 11 is 4.95. The molecule has 1 unspecified atom stereocenters. The molecule has 2 aromatic rings. The van der Waals surface area contributed by atoms with Gasteiger partial charge in [-0.3, -0.25) is 4.79 Å². The fourth-order valence-corrected chi connectivity index (χ4v) is 2.89. The minimum Gasteiger partial charge on any atom is -0.355 e. The Balaban J connectivity index is 1.73. The van der Waals surface area contributed by atoms with Crippen LogP contribution < -0.4 is 5.32 Å². The number of carbonyl (C=O) groups is 1. The first-order valence-corrected chi connectivity index (χ1v) is 8.63. The molecule has 110 valence electrons. The van der Waals surface area contributed by atoms with Crippen LogP contribution in [0.2, 0.25) is 0 Å². The molecule has 0 saturated carbocycles. The summed E-state index contributed by atoms with van der Waals surface area (Å²) in [6, 6.07) is 18.2. The molecule has 2 rings (SSSR count). The molecule has 2 nitrogen and oxygen atoms in total. The molecule has 0 heterocycles. The van der Waals surface area contributed by atoms with Gasteiger partial charge in [0.15, 0.2) is 0 Å². The summed E-state index contributed by atoms with van der Waals surface area (Å²) in [5.74, 6) is 0.849. The van der Waals surface area contributed by atoms with E-state index < -0.39 is 0 Å². The van der Waals surface area contributed by atoms with Crippen LogP contribution in [0.3, 0.4) is 0 Å². The molecule has 0 aliphatic heterocycles. The van der Waals surface area contributed by atoms with Crippen LogP contribution in [0, 0.1) is 0 Å². The highest BCUT2D eigenvalue weighted by atomic mass is 79.9. The Morgan fingerprint density at radius 1 is 1.14 bits per heavy atom. The first-order chi connectivity index (χ1) is 10.1. The van der Waals surface area contributed by atoms with Crippen LogP contribution in [0.4, 0.5) is 0 Å². The number of hydrogen-bond acceptors (Lipinski definition) is 2. The number of amides is 1. The molecule has 1 N–H and O–H groups in total. The molecule has 0 spiro atoms. The third-order valence-electron chi connectivity index (χ3n) is 3.16. The average Bonchev–Trinajstić information content (AvgIpc) is 2.53. The van der Waals surface area contributed by atoms with Gasteiger partial charge in [0.2, 0.25) is 5.91 Å². The van der Waals surface area contributed by atoms with Crippen LogP contribution in [-0.2, 0) is 4.79 Å². The van der Waals surface area contributed by atoms with E-state index in [1.165, 1.54) is 5.56 Å². The molecule has 0 aromatic heterocycles. The zero-order valence-corrected chi connectivity index (χ0v) is 14.3. The van der Waals surface area contributed by atoms with Crippen molar-refractivity contribution in [3.8, 4) is 0 Å². The van der Waals surface area contributed by atoms with Crippen LogP contribution in [0.25, 0.3) is 0 Å². The normalized spacial score (nSPS) is 11.9. The van der Waals surface area contributed by atoms with Gasteiger partial charge in [-0.2, -0.15) is 0 Å². The van der Waals surface area contributed by atoms with Gasteiger partial charge >= 0.3 is 0 Å². The monoisotopic (exact) mass is 363 g/mol. The second kappa shape index (κ2) is 8.25. The highest BCUT2D eigenvalue weighted by Gasteiger charge is 2.07. The Bertz CT molecular complexity index is 571. The molecular formula is C17H18BrNOS. The summed E-state index contributed by atoms with van der Waals surface area (Å²) in [6.07, 6.45) is 0. The van der Waals surface area contributed by atoms with Crippen molar-refractivity contribution in [2.45, 2.75) is 17.7 Å². The third-order valence-corrected chi connectivity index (χ3v) is 4.70. The maximum atomic E-state index is 11.9. The lowest BCUT2D eigenvalue weighted by molar-refractivity contribution is -0.118. The van der Waals surface area contributed by atoms with Crippen molar-refractivity contribution >= 4 is 33.6 Å². The SMILES string of the molecule is CC(CNC(=O)CSc1ccc(Br)cc1)c1ccccc1. The molecule has 0 aliphatic rings. The summed E-state index contributed by atoms with van der Waals surface area (Å²) in [7, 11) is 0. The lowest BCUT2D eigenvalue weighted by atomic mass is 10.0. The van der Waals surface area contributed by atoms with E-state index in [2.05, 4.69) is 40.3 Å². The standard InChI is InChI=1S/C17H18BrNOS/c1-13(14-5-3-2-4-6-14)11-19-17(20)12-21-16-9-7-15(18)8-10-16/h2-10,13H,11-12H2,1H3,(H,19,20). The van der Waals surface area contributed by atoms with Gasteiger partial charge in [-0.1, -0.05) is 53.2 Å². The smallest absolute Gasteiger partial charge is 0.230 e. The van der Waals surface area contributed by atoms with E-state index >= 15 is 0 Å². The minimum absolute atomic E-state index is 0.0747. The summed E-state index contributed by atoms with van der Waals surface area (Å²) in [6.45, 7) is 2.79. The third kappa shape index (κ3) is 5.56. The van der Waals surface area contributed by atoms with Crippen molar-refractivity contribution in [1.82, 2.24) is 5.32 Å². The maximum Gasteiger partial charge on any atom is 0.230 e. The second-order valence-electron chi connectivity index (χ2n) is 4.86. The van der Waals surface area contributed by atoms with Gasteiger partial charge in [0, 0.05) is 15.9 Å². The Morgan fingerprint density at radius 2 is 1.81 bits per heavy atom. The molecular weight excluding hydrogens is 346 g/mol. The van der Waals surface area contributed by atoms with Crippen molar-refractivity contribution in [1.29, 1.82) is 0 Å². The molecule has 0 radical (unpaired) electrons. The van der Waals surface area contributed by atoms with Crippen LogP contribution in [0.1, 0.15) is 18.4 Å². The first-order valence-electron chi connectivity index (χ1n) is 6.85. The number of rotatable bonds is 6. The van der Waals surface area contributed by atoms with Gasteiger partial charge in [0.1, 0.15) is 0 Å². The van der Waals surface area contributed by atoms with Crippen LogP contribution in [-0.4, -0.2) is 18.2 Å². The summed E-state index contributed by atoms with van der Waals surface area (Å²) in [5.41, 5.74) is 1.25. The van der Waals surface area contributed by atoms with E-state index in [1.54, 1.807) is 11.8 Å². The Kier molecular flexibility index (Phi) is 6.33. The predicted molar refractivity (Wildman–Crippen MR) is 92.7 cm³/mol. The largest absolute Gasteiger partial charge is 0.355 e. The highest BCUT2D eigenvalue weighted by molar-refractivity contribution is 9.10. The summed E-state index contributed by atoms with van der Waals surface area (Å²) < 4.78 is 1.05. The van der Waals surface area contributed by atoms with E-state index in [0.717, 1.165) is 9.37 Å². The summed E-state index contributed by atoms with van der Waals surface area (Å²) in [4.78, 5) is 13.0. The Labute approximate surface area is 138 Å². The number of nitrogens with one attached hydrogen (secondary N) is 1. The number of thioether (sulfide) groups is 1. The lowest BCUT2D eigenvalue weighted by Gasteiger charge is -2.13. The van der Waals surface area contributed by atoms with E-state index in [9.17, 15) is 4.79 Å². The minimum atomic E-state index is 0.0747. The molecule has 0 bridgehead atoms. The van der Waals surface area contributed by atoms with E-state index in [0.29, 0.717) is 18.2 Å². The second-order valence-corrected chi connectivity index (χ2v) is 6.82. The van der Waals surface area contributed by atoms with Crippen molar-refractivity contribution < 1.29 is 4.79 Å². The van der Waals surface area contributed by atoms with Crippen LogP contribution >= 0.6 is 27.7 Å². The van der Waals surface area contributed by atoms with Crippen molar-refractivity contribution in [2.24, 2.45) is 0 Å². The van der Waals surface area contributed by atoms with Gasteiger partial charge in [0.05, 0.1) is 5.75 Å². The molecule has 1 amide bonds. The van der Waals surface area contributed by atoms with Crippen LogP contribution in [0.15, 0.2) is 64.0 Å². The molecule has 0 fully saturated rings. The van der Waals surface area contributed by atoms with Gasteiger partial charge < -0.3 is 5.32 Å². The molecule has 2 aromatic carbocycles. The number of carbonyl (C=O) groups excluding carboxylic acids is 1. The molecule has 21 heavy (non-hydrogen) atoms. The van der Waals surface area contributed by atoms with E-state index in [1.807, 2.05) is 42.5 Å².